The normalized spacial score (nSPS) is 10.8. The summed E-state index contributed by atoms with van der Waals surface area (Å²) in [5, 5.41) is 3.46. The second kappa shape index (κ2) is 9.84. The molecule has 134 valence electrons. The molecule has 0 heterocycles. The minimum Gasteiger partial charge on any atom is -0.493 e. The molecule has 4 heteroatoms. The van der Waals surface area contributed by atoms with E-state index in [9.17, 15) is 4.79 Å². The molecule has 0 saturated carbocycles. The van der Waals surface area contributed by atoms with Crippen LogP contribution in [0.25, 0.3) is 0 Å². The van der Waals surface area contributed by atoms with E-state index in [0.717, 1.165) is 36.7 Å². The van der Waals surface area contributed by atoms with E-state index in [-0.39, 0.29) is 0 Å². The van der Waals surface area contributed by atoms with Crippen LogP contribution in [0.4, 0.5) is 0 Å². The first-order valence-electron chi connectivity index (χ1n) is 8.86. The van der Waals surface area contributed by atoms with Crippen LogP contribution in [-0.2, 0) is 13.0 Å². The Kier molecular flexibility index (Phi) is 7.48. The van der Waals surface area contributed by atoms with E-state index in [4.69, 9.17) is 10.5 Å². The van der Waals surface area contributed by atoms with Crippen molar-refractivity contribution in [2.24, 2.45) is 11.7 Å². The average Bonchev–Trinajstić information content (AvgIpc) is 2.60. The molecule has 0 aromatic heterocycles. The highest BCUT2D eigenvalue weighted by Crippen LogP contribution is 2.13. The van der Waals surface area contributed by atoms with Gasteiger partial charge in [-0.05, 0) is 54.3 Å². The molecular weight excluding hydrogens is 312 g/mol. The number of carbonyl (C=O) groups is 1. The molecule has 25 heavy (non-hydrogen) atoms. The SMILES string of the molecule is CC(C)CCNCc1ccc(OCCc2ccc(C(N)=O)cc2)cc1. The van der Waals surface area contributed by atoms with E-state index in [0.29, 0.717) is 12.2 Å². The van der Waals surface area contributed by atoms with E-state index in [1.54, 1.807) is 12.1 Å². The second-order valence-corrected chi connectivity index (χ2v) is 6.66. The molecule has 2 aromatic carbocycles. The molecule has 0 saturated heterocycles. The Labute approximate surface area is 150 Å². The van der Waals surface area contributed by atoms with Gasteiger partial charge in [-0.1, -0.05) is 38.1 Å². The van der Waals surface area contributed by atoms with Gasteiger partial charge in [0.2, 0.25) is 5.91 Å². The number of hydrogen-bond acceptors (Lipinski definition) is 3. The Morgan fingerprint density at radius 3 is 2.28 bits per heavy atom. The summed E-state index contributed by atoms with van der Waals surface area (Å²) < 4.78 is 5.79. The zero-order chi connectivity index (χ0) is 18.1. The van der Waals surface area contributed by atoms with Crippen LogP contribution in [0.1, 0.15) is 41.8 Å². The van der Waals surface area contributed by atoms with Crippen molar-refractivity contribution in [2.75, 3.05) is 13.2 Å². The van der Waals surface area contributed by atoms with Gasteiger partial charge in [0.05, 0.1) is 6.61 Å². The standard InChI is InChI=1S/C21H28N2O2/c1-16(2)11-13-23-15-18-5-9-20(10-6-18)25-14-12-17-3-7-19(8-4-17)21(22)24/h3-10,16,23H,11-15H2,1-2H3,(H2,22,24). The van der Waals surface area contributed by atoms with Crippen LogP contribution >= 0.6 is 0 Å². The number of hydrogen-bond donors (Lipinski definition) is 2. The monoisotopic (exact) mass is 340 g/mol. The molecule has 0 aliphatic heterocycles. The Morgan fingerprint density at radius 1 is 1.04 bits per heavy atom. The van der Waals surface area contributed by atoms with Gasteiger partial charge in [-0.25, -0.2) is 0 Å². The fourth-order valence-electron chi connectivity index (χ4n) is 2.45. The van der Waals surface area contributed by atoms with Gasteiger partial charge in [-0.3, -0.25) is 4.79 Å². The highest BCUT2D eigenvalue weighted by Gasteiger charge is 2.01. The van der Waals surface area contributed by atoms with Crippen LogP contribution in [0.2, 0.25) is 0 Å². The maximum atomic E-state index is 11.0. The fourth-order valence-corrected chi connectivity index (χ4v) is 2.45. The zero-order valence-electron chi connectivity index (χ0n) is 15.1. The van der Waals surface area contributed by atoms with Gasteiger partial charge >= 0.3 is 0 Å². The molecule has 0 bridgehead atoms. The van der Waals surface area contributed by atoms with Crippen LogP contribution in [0.3, 0.4) is 0 Å². The first-order chi connectivity index (χ1) is 12.0. The Balaban J connectivity index is 1.71. The van der Waals surface area contributed by atoms with E-state index >= 15 is 0 Å². The molecule has 3 N–H and O–H groups in total. The molecule has 0 unspecified atom stereocenters. The largest absolute Gasteiger partial charge is 0.493 e. The van der Waals surface area contributed by atoms with Crippen molar-refractivity contribution < 1.29 is 9.53 Å². The molecule has 0 fully saturated rings. The van der Waals surface area contributed by atoms with Gasteiger partial charge in [-0.15, -0.1) is 0 Å². The molecule has 0 radical (unpaired) electrons. The summed E-state index contributed by atoms with van der Waals surface area (Å²) in [6, 6.07) is 15.5. The highest BCUT2D eigenvalue weighted by atomic mass is 16.5. The van der Waals surface area contributed by atoms with Crippen molar-refractivity contribution in [3.8, 4) is 5.75 Å². The minimum absolute atomic E-state index is 0.401. The average molecular weight is 340 g/mol. The van der Waals surface area contributed by atoms with Crippen LogP contribution < -0.4 is 15.8 Å². The molecule has 2 rings (SSSR count). The third kappa shape index (κ3) is 6.98. The summed E-state index contributed by atoms with van der Waals surface area (Å²) in [5.41, 5.74) is 8.15. The number of carbonyl (C=O) groups excluding carboxylic acids is 1. The Morgan fingerprint density at radius 2 is 1.68 bits per heavy atom. The summed E-state index contributed by atoms with van der Waals surface area (Å²) in [4.78, 5) is 11.0. The molecule has 4 nitrogen and oxygen atoms in total. The summed E-state index contributed by atoms with van der Waals surface area (Å²) in [5.74, 6) is 1.21. The third-order valence-electron chi connectivity index (χ3n) is 4.05. The lowest BCUT2D eigenvalue weighted by Crippen LogP contribution is -2.16. The Hall–Kier alpha value is -2.33. The quantitative estimate of drug-likeness (QED) is 0.650. The maximum Gasteiger partial charge on any atom is 0.248 e. The van der Waals surface area contributed by atoms with Crippen molar-refractivity contribution in [3.05, 3.63) is 65.2 Å². The van der Waals surface area contributed by atoms with E-state index in [1.807, 2.05) is 24.3 Å². The fraction of sp³-hybridized carbons (Fsp3) is 0.381. The van der Waals surface area contributed by atoms with Crippen LogP contribution in [0.15, 0.2) is 48.5 Å². The first-order valence-corrected chi connectivity index (χ1v) is 8.86. The zero-order valence-corrected chi connectivity index (χ0v) is 15.1. The number of rotatable bonds is 10. The van der Waals surface area contributed by atoms with Gasteiger partial charge in [0.15, 0.2) is 0 Å². The van der Waals surface area contributed by atoms with E-state index in [1.165, 1.54) is 12.0 Å². The summed E-state index contributed by atoms with van der Waals surface area (Å²) in [6.07, 6.45) is 1.99. The van der Waals surface area contributed by atoms with Crippen molar-refractivity contribution >= 4 is 5.91 Å². The molecule has 0 aliphatic rings. The summed E-state index contributed by atoms with van der Waals surface area (Å²) in [6.45, 7) is 7.01. The lowest BCUT2D eigenvalue weighted by Gasteiger charge is -2.09. The third-order valence-corrected chi connectivity index (χ3v) is 4.05. The topological polar surface area (TPSA) is 64.3 Å². The van der Waals surface area contributed by atoms with Crippen molar-refractivity contribution in [1.82, 2.24) is 5.32 Å². The van der Waals surface area contributed by atoms with Gasteiger partial charge < -0.3 is 15.8 Å². The van der Waals surface area contributed by atoms with Gasteiger partial charge in [0.25, 0.3) is 0 Å². The number of primary amides is 1. The van der Waals surface area contributed by atoms with Gasteiger partial charge in [0.1, 0.15) is 5.75 Å². The van der Waals surface area contributed by atoms with Crippen molar-refractivity contribution in [1.29, 1.82) is 0 Å². The van der Waals surface area contributed by atoms with Gasteiger partial charge in [-0.2, -0.15) is 0 Å². The second-order valence-electron chi connectivity index (χ2n) is 6.66. The number of nitrogens with two attached hydrogens (primary N) is 1. The number of amides is 1. The number of ether oxygens (including phenoxy) is 1. The predicted octanol–water partition coefficient (Wildman–Crippen LogP) is 3.54. The molecule has 0 spiro atoms. The number of nitrogens with one attached hydrogen (secondary N) is 1. The molecule has 0 aliphatic carbocycles. The molecule has 1 amide bonds. The molecule has 2 aromatic rings. The van der Waals surface area contributed by atoms with E-state index in [2.05, 4.69) is 31.3 Å². The molecule has 0 atom stereocenters. The summed E-state index contributed by atoms with van der Waals surface area (Å²) >= 11 is 0. The lowest BCUT2D eigenvalue weighted by atomic mass is 10.1. The van der Waals surface area contributed by atoms with Gasteiger partial charge in [0, 0.05) is 18.5 Å². The highest BCUT2D eigenvalue weighted by molar-refractivity contribution is 5.92. The summed E-state index contributed by atoms with van der Waals surface area (Å²) in [7, 11) is 0. The minimum atomic E-state index is -0.401. The van der Waals surface area contributed by atoms with Crippen molar-refractivity contribution in [3.63, 3.8) is 0 Å². The predicted molar refractivity (Wildman–Crippen MR) is 102 cm³/mol. The van der Waals surface area contributed by atoms with Crippen LogP contribution in [0.5, 0.6) is 5.75 Å². The molecular formula is C21H28N2O2. The van der Waals surface area contributed by atoms with Crippen LogP contribution in [-0.4, -0.2) is 19.1 Å². The van der Waals surface area contributed by atoms with Crippen molar-refractivity contribution in [2.45, 2.75) is 33.2 Å². The number of benzene rings is 2. The van der Waals surface area contributed by atoms with Crippen LogP contribution in [0, 0.1) is 5.92 Å². The maximum absolute atomic E-state index is 11.0. The lowest BCUT2D eigenvalue weighted by molar-refractivity contribution is 0.100. The first kappa shape index (κ1) is 19.0. The smallest absolute Gasteiger partial charge is 0.248 e. The Bertz CT molecular complexity index is 649. The van der Waals surface area contributed by atoms with E-state index < -0.39 is 5.91 Å².